The number of anilines is 1. The van der Waals surface area contributed by atoms with Crippen LogP contribution in [-0.2, 0) is 22.5 Å². The van der Waals surface area contributed by atoms with Gasteiger partial charge < -0.3 is 10.1 Å². The summed E-state index contributed by atoms with van der Waals surface area (Å²) in [7, 11) is 0. The molecule has 4 rings (SSSR count). The van der Waals surface area contributed by atoms with Crippen LogP contribution >= 0.6 is 34.5 Å². The number of thiophene rings is 1. The maximum absolute atomic E-state index is 13.0. The minimum atomic E-state index is -0.500. The fourth-order valence-corrected chi connectivity index (χ4v) is 4.70. The summed E-state index contributed by atoms with van der Waals surface area (Å²) in [6.45, 7) is 1.65. The van der Waals surface area contributed by atoms with Crippen molar-refractivity contribution in [3.8, 4) is 0 Å². The van der Waals surface area contributed by atoms with Gasteiger partial charge >= 0.3 is 5.97 Å². The van der Waals surface area contributed by atoms with Crippen LogP contribution in [0, 0.1) is 6.92 Å². The van der Waals surface area contributed by atoms with Gasteiger partial charge in [0.05, 0.1) is 28.4 Å². The molecule has 10 heteroatoms. The van der Waals surface area contributed by atoms with E-state index in [-0.39, 0.29) is 13.2 Å². The van der Waals surface area contributed by atoms with Gasteiger partial charge in [0, 0.05) is 12.1 Å². The molecule has 0 aliphatic rings. The number of halogens is 2. The molecule has 0 spiro atoms. The third-order valence-corrected chi connectivity index (χ3v) is 7.01. The van der Waals surface area contributed by atoms with E-state index in [1.165, 1.54) is 17.0 Å². The normalized spacial score (nSPS) is 10.9. The van der Waals surface area contributed by atoms with Crippen LogP contribution < -0.4 is 10.9 Å². The van der Waals surface area contributed by atoms with Crippen molar-refractivity contribution in [2.75, 3.05) is 11.9 Å². The van der Waals surface area contributed by atoms with Gasteiger partial charge in [-0.05, 0) is 36.2 Å². The number of fused-ring (bicyclic) bond motifs is 1. The SMILES string of the molecule is Cc1c(C(=O)OCCc2ccccc2)sc2ncn(CC(=O)Nc3ccc(Cl)c(Cl)c3)c(=O)c12. The van der Waals surface area contributed by atoms with E-state index in [1.807, 2.05) is 30.3 Å². The van der Waals surface area contributed by atoms with E-state index in [0.717, 1.165) is 16.9 Å². The molecule has 0 aliphatic carbocycles. The zero-order valence-corrected chi connectivity index (χ0v) is 20.3. The topological polar surface area (TPSA) is 90.3 Å². The first-order valence-electron chi connectivity index (χ1n) is 10.3. The van der Waals surface area contributed by atoms with Crippen LogP contribution in [0.1, 0.15) is 20.8 Å². The number of amides is 1. The van der Waals surface area contributed by atoms with E-state index in [2.05, 4.69) is 10.3 Å². The second-order valence-electron chi connectivity index (χ2n) is 7.46. The molecule has 7 nitrogen and oxygen atoms in total. The van der Waals surface area contributed by atoms with Crippen LogP contribution in [0.4, 0.5) is 5.69 Å². The fourth-order valence-electron chi connectivity index (χ4n) is 3.37. The number of aryl methyl sites for hydroxylation is 1. The molecule has 2 aromatic carbocycles. The number of nitrogens with one attached hydrogen (secondary N) is 1. The van der Waals surface area contributed by atoms with Crippen molar-refractivity contribution < 1.29 is 14.3 Å². The van der Waals surface area contributed by atoms with Gasteiger partial charge in [-0.2, -0.15) is 0 Å². The van der Waals surface area contributed by atoms with Crippen LogP contribution in [0.5, 0.6) is 0 Å². The van der Waals surface area contributed by atoms with Crippen molar-refractivity contribution >= 4 is 62.3 Å². The summed E-state index contributed by atoms with van der Waals surface area (Å²) < 4.78 is 6.61. The molecule has 0 fully saturated rings. The number of esters is 1. The Kier molecular flexibility index (Phi) is 7.31. The highest BCUT2D eigenvalue weighted by Gasteiger charge is 2.21. The van der Waals surface area contributed by atoms with Gasteiger partial charge in [-0.1, -0.05) is 53.5 Å². The molecule has 0 bridgehead atoms. The lowest BCUT2D eigenvalue weighted by Crippen LogP contribution is -2.27. The van der Waals surface area contributed by atoms with Crippen LogP contribution in [0.3, 0.4) is 0 Å². The van der Waals surface area contributed by atoms with Crippen LogP contribution in [0.15, 0.2) is 59.7 Å². The number of hydrogen-bond donors (Lipinski definition) is 1. The quantitative estimate of drug-likeness (QED) is 0.345. The predicted molar refractivity (Wildman–Crippen MR) is 134 cm³/mol. The van der Waals surface area contributed by atoms with E-state index in [0.29, 0.717) is 42.8 Å². The van der Waals surface area contributed by atoms with Gasteiger partial charge in [-0.15, -0.1) is 11.3 Å². The Hall–Kier alpha value is -3.20. The second kappa shape index (κ2) is 10.4. The summed E-state index contributed by atoms with van der Waals surface area (Å²) in [5.41, 5.74) is 1.59. The average molecular weight is 516 g/mol. The maximum atomic E-state index is 13.0. The lowest BCUT2D eigenvalue weighted by atomic mass is 10.2. The monoisotopic (exact) mass is 515 g/mol. The number of carbonyl (C=O) groups is 2. The molecule has 34 heavy (non-hydrogen) atoms. The van der Waals surface area contributed by atoms with Crippen LogP contribution in [0.2, 0.25) is 10.0 Å². The zero-order chi connectivity index (χ0) is 24.2. The highest BCUT2D eigenvalue weighted by Crippen LogP contribution is 2.28. The van der Waals surface area contributed by atoms with Crippen molar-refractivity contribution in [1.82, 2.24) is 9.55 Å². The second-order valence-corrected chi connectivity index (χ2v) is 9.28. The molecule has 0 saturated carbocycles. The number of hydrogen-bond acceptors (Lipinski definition) is 6. The van der Waals surface area contributed by atoms with E-state index in [9.17, 15) is 14.4 Å². The van der Waals surface area contributed by atoms with Gasteiger partial charge in [-0.25, -0.2) is 9.78 Å². The summed E-state index contributed by atoms with van der Waals surface area (Å²) >= 11 is 13.0. The van der Waals surface area contributed by atoms with Crippen molar-refractivity contribution in [2.45, 2.75) is 19.9 Å². The Bertz CT molecular complexity index is 1430. The van der Waals surface area contributed by atoms with Crippen molar-refractivity contribution in [3.05, 3.63) is 91.3 Å². The van der Waals surface area contributed by atoms with Crippen LogP contribution in [0.25, 0.3) is 10.2 Å². The minimum Gasteiger partial charge on any atom is -0.461 e. The predicted octanol–water partition coefficient (Wildman–Crippen LogP) is 5.11. The molecular weight excluding hydrogens is 497 g/mol. The molecule has 1 N–H and O–H groups in total. The summed E-state index contributed by atoms with van der Waals surface area (Å²) in [6, 6.07) is 14.4. The molecule has 2 heterocycles. The van der Waals surface area contributed by atoms with Crippen LogP contribution in [-0.4, -0.2) is 28.0 Å². The smallest absolute Gasteiger partial charge is 0.348 e. The first kappa shape index (κ1) is 23.9. The molecule has 0 unspecified atom stereocenters. The van der Waals surface area contributed by atoms with Crippen molar-refractivity contribution in [3.63, 3.8) is 0 Å². The molecule has 0 aliphatic heterocycles. The highest BCUT2D eigenvalue weighted by molar-refractivity contribution is 7.20. The molecule has 0 atom stereocenters. The van der Waals surface area contributed by atoms with Crippen molar-refractivity contribution in [1.29, 1.82) is 0 Å². The summed E-state index contributed by atoms with van der Waals surface area (Å²) in [5.74, 6) is -0.935. The van der Waals surface area contributed by atoms with Gasteiger partial charge in [0.25, 0.3) is 5.56 Å². The molecule has 4 aromatic rings. The number of ether oxygens (including phenoxy) is 1. The fraction of sp³-hybridized carbons (Fsp3) is 0.167. The Balaban J connectivity index is 1.48. The first-order chi connectivity index (χ1) is 16.3. The van der Waals surface area contributed by atoms with E-state index in [4.69, 9.17) is 27.9 Å². The number of benzene rings is 2. The lowest BCUT2D eigenvalue weighted by molar-refractivity contribution is -0.116. The maximum Gasteiger partial charge on any atom is 0.348 e. The number of aromatic nitrogens is 2. The van der Waals surface area contributed by atoms with Gasteiger partial charge in [0.15, 0.2) is 0 Å². The lowest BCUT2D eigenvalue weighted by Gasteiger charge is -2.08. The van der Waals surface area contributed by atoms with Gasteiger partial charge in [0.1, 0.15) is 16.3 Å². The highest BCUT2D eigenvalue weighted by atomic mass is 35.5. The molecule has 174 valence electrons. The van der Waals surface area contributed by atoms with Gasteiger partial charge in [0.2, 0.25) is 5.91 Å². The third-order valence-electron chi connectivity index (χ3n) is 5.09. The third kappa shape index (κ3) is 5.30. The number of carbonyl (C=O) groups excluding carboxylic acids is 2. The molecule has 1 amide bonds. The zero-order valence-electron chi connectivity index (χ0n) is 18.0. The Morgan fingerprint density at radius 1 is 1.12 bits per heavy atom. The van der Waals surface area contributed by atoms with E-state index >= 15 is 0 Å². The standard InChI is InChI=1S/C24H19Cl2N3O4S/c1-14-20-22(34-21(14)24(32)33-10-9-15-5-3-2-4-6-15)27-13-29(23(20)31)12-19(30)28-16-7-8-17(25)18(26)11-16/h2-8,11,13H,9-10,12H2,1H3,(H,28,30). The van der Waals surface area contributed by atoms with E-state index in [1.54, 1.807) is 19.1 Å². The Morgan fingerprint density at radius 2 is 1.88 bits per heavy atom. The molecule has 2 aromatic heterocycles. The van der Waals surface area contributed by atoms with E-state index < -0.39 is 17.4 Å². The Labute approximate surface area is 208 Å². The molecule has 0 radical (unpaired) electrons. The number of nitrogens with zero attached hydrogens (tertiary/aromatic N) is 2. The largest absolute Gasteiger partial charge is 0.461 e. The summed E-state index contributed by atoms with van der Waals surface area (Å²) in [5, 5.41) is 3.63. The number of rotatable bonds is 7. The minimum absolute atomic E-state index is 0.225. The average Bonchev–Trinajstić information content (AvgIpc) is 3.16. The first-order valence-corrected chi connectivity index (χ1v) is 11.8. The summed E-state index contributed by atoms with van der Waals surface area (Å²) in [6.07, 6.45) is 1.88. The summed E-state index contributed by atoms with van der Waals surface area (Å²) in [4.78, 5) is 43.1. The molecular formula is C24H19Cl2N3O4S. The van der Waals surface area contributed by atoms with Gasteiger partial charge in [-0.3, -0.25) is 14.2 Å². The van der Waals surface area contributed by atoms with Crippen molar-refractivity contribution in [2.24, 2.45) is 0 Å². The molecule has 0 saturated heterocycles. The Morgan fingerprint density at radius 3 is 2.62 bits per heavy atom.